The van der Waals surface area contributed by atoms with Crippen molar-refractivity contribution in [1.82, 2.24) is 15.1 Å². The number of carbonyl (C=O) groups excluding carboxylic acids is 1. The molecule has 1 rings (SSSR count). The van der Waals surface area contributed by atoms with E-state index in [1.54, 1.807) is 0 Å². The molecular formula is C10H19N3O3. The first kappa shape index (κ1) is 12.9. The van der Waals surface area contributed by atoms with Crippen LogP contribution >= 0.6 is 0 Å². The van der Waals surface area contributed by atoms with E-state index in [2.05, 4.69) is 5.32 Å². The molecule has 1 amide bonds. The summed E-state index contributed by atoms with van der Waals surface area (Å²) in [6.07, 6.45) is 0.794. The van der Waals surface area contributed by atoms with Gasteiger partial charge < -0.3 is 20.2 Å². The molecule has 0 bridgehead atoms. The monoisotopic (exact) mass is 229 g/mol. The van der Waals surface area contributed by atoms with Gasteiger partial charge in [-0.3, -0.25) is 4.79 Å². The Labute approximate surface area is 95.2 Å². The lowest BCUT2D eigenvalue weighted by Crippen LogP contribution is -2.58. The van der Waals surface area contributed by atoms with Crippen LogP contribution in [0.5, 0.6) is 0 Å². The van der Waals surface area contributed by atoms with Gasteiger partial charge in [-0.05, 0) is 27.1 Å². The van der Waals surface area contributed by atoms with E-state index >= 15 is 0 Å². The van der Waals surface area contributed by atoms with E-state index in [-0.39, 0.29) is 12.5 Å². The molecule has 92 valence electrons. The Kier molecular flexibility index (Phi) is 4.70. The smallest absolute Gasteiger partial charge is 0.327 e. The average molecular weight is 229 g/mol. The van der Waals surface area contributed by atoms with Crippen LogP contribution in [0.15, 0.2) is 0 Å². The van der Waals surface area contributed by atoms with E-state index in [4.69, 9.17) is 5.11 Å². The number of hydrogen-bond acceptors (Lipinski definition) is 4. The van der Waals surface area contributed by atoms with Gasteiger partial charge in [0.2, 0.25) is 5.91 Å². The minimum atomic E-state index is -0.939. The van der Waals surface area contributed by atoms with Gasteiger partial charge in [-0.1, -0.05) is 0 Å². The van der Waals surface area contributed by atoms with Crippen LogP contribution in [0, 0.1) is 0 Å². The average Bonchev–Trinajstić information content (AvgIpc) is 2.19. The van der Waals surface area contributed by atoms with Gasteiger partial charge in [0, 0.05) is 13.1 Å². The number of amides is 1. The van der Waals surface area contributed by atoms with Crippen molar-refractivity contribution in [3.63, 3.8) is 0 Å². The zero-order chi connectivity index (χ0) is 12.1. The zero-order valence-corrected chi connectivity index (χ0v) is 9.77. The molecule has 1 aliphatic heterocycles. The SMILES string of the molecule is CN(C)CCCN1C(=O)CNCC1C(=O)O. The molecule has 1 fully saturated rings. The molecule has 6 heteroatoms. The Balaban J connectivity index is 2.50. The van der Waals surface area contributed by atoms with Gasteiger partial charge in [-0.2, -0.15) is 0 Å². The topological polar surface area (TPSA) is 72.9 Å². The first-order chi connectivity index (χ1) is 7.52. The minimum absolute atomic E-state index is 0.127. The maximum Gasteiger partial charge on any atom is 0.327 e. The van der Waals surface area contributed by atoms with Crippen LogP contribution in [0.1, 0.15) is 6.42 Å². The van der Waals surface area contributed by atoms with Crippen LogP contribution in [0.4, 0.5) is 0 Å². The van der Waals surface area contributed by atoms with Crippen molar-refractivity contribution < 1.29 is 14.7 Å². The van der Waals surface area contributed by atoms with Crippen molar-refractivity contribution in [3.8, 4) is 0 Å². The lowest BCUT2D eigenvalue weighted by atomic mass is 10.1. The first-order valence-electron chi connectivity index (χ1n) is 5.40. The van der Waals surface area contributed by atoms with Crippen LogP contribution in [-0.2, 0) is 9.59 Å². The fraction of sp³-hybridized carbons (Fsp3) is 0.800. The van der Waals surface area contributed by atoms with E-state index in [1.165, 1.54) is 4.90 Å². The van der Waals surface area contributed by atoms with Crippen LogP contribution in [0.25, 0.3) is 0 Å². The predicted molar refractivity (Wildman–Crippen MR) is 59.2 cm³/mol. The molecule has 16 heavy (non-hydrogen) atoms. The van der Waals surface area contributed by atoms with Crippen molar-refractivity contribution in [1.29, 1.82) is 0 Å². The van der Waals surface area contributed by atoms with Crippen LogP contribution < -0.4 is 5.32 Å². The van der Waals surface area contributed by atoms with E-state index in [9.17, 15) is 9.59 Å². The molecule has 0 saturated carbocycles. The summed E-state index contributed by atoms with van der Waals surface area (Å²) < 4.78 is 0. The molecule has 1 aliphatic rings. The molecule has 0 spiro atoms. The molecule has 0 aromatic heterocycles. The summed E-state index contributed by atoms with van der Waals surface area (Å²) in [6.45, 7) is 1.94. The van der Waals surface area contributed by atoms with Gasteiger partial charge in [0.05, 0.1) is 6.54 Å². The molecule has 1 atom stereocenters. The summed E-state index contributed by atoms with van der Waals surface area (Å²) in [7, 11) is 3.91. The second-order valence-corrected chi connectivity index (χ2v) is 4.23. The number of carbonyl (C=O) groups is 2. The van der Waals surface area contributed by atoms with Crippen molar-refractivity contribution in [2.75, 3.05) is 40.3 Å². The largest absolute Gasteiger partial charge is 0.480 e. The third kappa shape index (κ3) is 3.46. The number of nitrogens with one attached hydrogen (secondary N) is 1. The summed E-state index contributed by atoms with van der Waals surface area (Å²) in [5, 5.41) is 11.8. The minimum Gasteiger partial charge on any atom is -0.480 e. The van der Waals surface area contributed by atoms with Crippen molar-refractivity contribution in [2.24, 2.45) is 0 Å². The van der Waals surface area contributed by atoms with Gasteiger partial charge in [0.25, 0.3) is 0 Å². The van der Waals surface area contributed by atoms with E-state index in [0.717, 1.165) is 13.0 Å². The Hall–Kier alpha value is -1.14. The number of nitrogens with zero attached hydrogens (tertiary/aromatic N) is 2. The summed E-state index contributed by atoms with van der Waals surface area (Å²) in [5.41, 5.74) is 0. The third-order valence-corrected chi connectivity index (χ3v) is 2.60. The van der Waals surface area contributed by atoms with Crippen LogP contribution in [-0.4, -0.2) is 73.1 Å². The molecule has 0 aliphatic carbocycles. The van der Waals surface area contributed by atoms with Gasteiger partial charge in [0.15, 0.2) is 0 Å². The van der Waals surface area contributed by atoms with Gasteiger partial charge >= 0.3 is 5.97 Å². The fourth-order valence-corrected chi connectivity index (χ4v) is 1.76. The van der Waals surface area contributed by atoms with Crippen molar-refractivity contribution >= 4 is 11.9 Å². The quantitative estimate of drug-likeness (QED) is 0.621. The van der Waals surface area contributed by atoms with Crippen molar-refractivity contribution in [3.05, 3.63) is 0 Å². The van der Waals surface area contributed by atoms with Crippen LogP contribution in [0.3, 0.4) is 0 Å². The van der Waals surface area contributed by atoms with Gasteiger partial charge in [0.1, 0.15) is 6.04 Å². The van der Waals surface area contributed by atoms with Gasteiger partial charge in [-0.25, -0.2) is 4.79 Å². The molecule has 0 radical (unpaired) electrons. The molecule has 1 saturated heterocycles. The number of hydrogen-bond donors (Lipinski definition) is 2. The number of carboxylic acids is 1. The Morgan fingerprint density at radius 1 is 1.62 bits per heavy atom. The normalized spacial score (nSPS) is 21.6. The van der Waals surface area contributed by atoms with E-state index < -0.39 is 12.0 Å². The highest BCUT2D eigenvalue weighted by molar-refractivity contribution is 5.86. The molecule has 1 unspecified atom stereocenters. The Morgan fingerprint density at radius 3 is 2.88 bits per heavy atom. The van der Waals surface area contributed by atoms with Gasteiger partial charge in [-0.15, -0.1) is 0 Å². The highest BCUT2D eigenvalue weighted by Crippen LogP contribution is 2.06. The van der Waals surface area contributed by atoms with Crippen LogP contribution in [0.2, 0.25) is 0 Å². The molecule has 2 N–H and O–H groups in total. The number of carboxylic acid groups (broad SMARTS) is 1. The van der Waals surface area contributed by atoms with E-state index in [1.807, 2.05) is 19.0 Å². The number of rotatable bonds is 5. The Morgan fingerprint density at radius 2 is 2.31 bits per heavy atom. The standard InChI is InChI=1S/C10H19N3O3/c1-12(2)4-3-5-13-8(10(15)16)6-11-7-9(13)14/h8,11H,3-7H2,1-2H3,(H,15,16). The summed E-state index contributed by atoms with van der Waals surface area (Å²) in [4.78, 5) is 26.0. The lowest BCUT2D eigenvalue weighted by Gasteiger charge is -2.33. The molecule has 0 aromatic carbocycles. The highest BCUT2D eigenvalue weighted by Gasteiger charge is 2.32. The third-order valence-electron chi connectivity index (χ3n) is 2.60. The maximum atomic E-state index is 11.6. The van der Waals surface area contributed by atoms with E-state index in [0.29, 0.717) is 13.1 Å². The number of piperazine rings is 1. The lowest BCUT2D eigenvalue weighted by molar-refractivity contribution is -0.151. The predicted octanol–water partition coefficient (Wildman–Crippen LogP) is -1.18. The summed E-state index contributed by atoms with van der Waals surface area (Å²) in [5.74, 6) is -1.07. The zero-order valence-electron chi connectivity index (χ0n) is 9.77. The summed E-state index contributed by atoms with van der Waals surface area (Å²) >= 11 is 0. The molecule has 1 heterocycles. The number of aliphatic carboxylic acids is 1. The molecular weight excluding hydrogens is 210 g/mol. The Bertz CT molecular complexity index is 268. The first-order valence-corrected chi connectivity index (χ1v) is 5.40. The maximum absolute atomic E-state index is 11.6. The summed E-state index contributed by atoms with van der Waals surface area (Å²) in [6, 6.07) is -0.719. The molecule has 6 nitrogen and oxygen atoms in total. The second-order valence-electron chi connectivity index (χ2n) is 4.23. The highest BCUT2D eigenvalue weighted by atomic mass is 16.4. The molecule has 0 aromatic rings. The fourth-order valence-electron chi connectivity index (χ4n) is 1.76. The second kappa shape index (κ2) is 5.81. The van der Waals surface area contributed by atoms with Crippen molar-refractivity contribution in [2.45, 2.75) is 12.5 Å².